The van der Waals surface area contributed by atoms with E-state index in [1.807, 2.05) is 37.5 Å². The number of anilines is 1. The van der Waals surface area contributed by atoms with Crippen molar-refractivity contribution in [2.24, 2.45) is 0 Å². The minimum atomic E-state index is -0.457. The molecule has 152 valence electrons. The Bertz CT molecular complexity index is 1030. The van der Waals surface area contributed by atoms with Crippen molar-refractivity contribution in [2.45, 2.75) is 32.5 Å². The molecule has 3 aromatic heterocycles. The number of amides is 1. The topological polar surface area (TPSA) is 99.0 Å². The first-order valence-corrected chi connectivity index (χ1v) is 10.7. The number of carbonyl (C=O) groups is 2. The average Bonchev–Trinajstić information content (AvgIpc) is 3.26. The van der Waals surface area contributed by atoms with E-state index in [-0.39, 0.29) is 11.7 Å². The summed E-state index contributed by atoms with van der Waals surface area (Å²) in [5.41, 5.74) is 2.09. The second-order valence-corrected chi connectivity index (χ2v) is 8.28. The lowest BCUT2D eigenvalue weighted by Gasteiger charge is -2.08. The first-order chi connectivity index (χ1) is 14.0. The zero-order valence-corrected chi connectivity index (χ0v) is 18.2. The van der Waals surface area contributed by atoms with Gasteiger partial charge in [-0.2, -0.15) is 0 Å². The number of nitrogens with one attached hydrogen (secondary N) is 1. The van der Waals surface area contributed by atoms with Gasteiger partial charge in [-0.15, -0.1) is 21.5 Å². The molecule has 0 aromatic carbocycles. The smallest absolute Gasteiger partial charge is 0.341 e. The number of thiophene rings is 1. The van der Waals surface area contributed by atoms with E-state index < -0.39 is 5.97 Å². The molecular formula is C19H21N5O3S2. The summed E-state index contributed by atoms with van der Waals surface area (Å²) < 4.78 is 6.78. The number of methoxy groups -OCH3 is 1. The predicted molar refractivity (Wildman–Crippen MR) is 113 cm³/mol. The maximum absolute atomic E-state index is 12.5. The average molecular weight is 432 g/mol. The van der Waals surface area contributed by atoms with Gasteiger partial charge < -0.3 is 14.6 Å². The van der Waals surface area contributed by atoms with Crippen LogP contribution in [0.3, 0.4) is 0 Å². The summed E-state index contributed by atoms with van der Waals surface area (Å²) in [4.78, 5) is 29.6. The molecule has 0 unspecified atom stereocenters. The number of rotatable bonds is 7. The molecule has 29 heavy (non-hydrogen) atoms. The molecule has 0 saturated heterocycles. The van der Waals surface area contributed by atoms with Gasteiger partial charge in [0.05, 0.1) is 18.4 Å². The molecule has 0 spiro atoms. The highest BCUT2D eigenvalue weighted by Crippen LogP contribution is 2.33. The fourth-order valence-electron chi connectivity index (χ4n) is 2.74. The van der Waals surface area contributed by atoms with Crippen LogP contribution in [0.25, 0.3) is 11.4 Å². The van der Waals surface area contributed by atoms with Crippen molar-refractivity contribution < 1.29 is 14.3 Å². The lowest BCUT2D eigenvalue weighted by Crippen LogP contribution is -2.16. The van der Waals surface area contributed by atoms with Crippen molar-refractivity contribution >= 4 is 40.0 Å². The number of hydrogen-bond donors (Lipinski definition) is 1. The van der Waals surface area contributed by atoms with Gasteiger partial charge in [-0.05, 0) is 38.5 Å². The van der Waals surface area contributed by atoms with Crippen molar-refractivity contribution in [1.82, 2.24) is 19.7 Å². The fraction of sp³-hybridized carbons (Fsp3) is 0.316. The molecule has 0 aliphatic heterocycles. The number of aromatic nitrogens is 4. The molecule has 1 amide bonds. The number of aryl methyl sites for hydroxylation is 1. The van der Waals surface area contributed by atoms with Crippen LogP contribution >= 0.6 is 23.1 Å². The van der Waals surface area contributed by atoms with E-state index in [4.69, 9.17) is 4.74 Å². The number of nitrogens with zero attached hydrogens (tertiary/aromatic N) is 4. The maximum atomic E-state index is 12.5. The molecule has 0 atom stereocenters. The predicted octanol–water partition coefficient (Wildman–Crippen LogP) is 3.56. The van der Waals surface area contributed by atoms with E-state index in [2.05, 4.69) is 20.5 Å². The Morgan fingerprint density at radius 1 is 1.31 bits per heavy atom. The van der Waals surface area contributed by atoms with Gasteiger partial charge in [0.25, 0.3) is 0 Å². The molecule has 0 aliphatic carbocycles. The van der Waals surface area contributed by atoms with Gasteiger partial charge in [-0.1, -0.05) is 11.8 Å². The molecule has 8 nitrogen and oxygen atoms in total. The molecule has 10 heteroatoms. The van der Waals surface area contributed by atoms with Gasteiger partial charge in [0.2, 0.25) is 5.91 Å². The first kappa shape index (κ1) is 21.0. The Morgan fingerprint density at radius 3 is 2.76 bits per heavy atom. The highest BCUT2D eigenvalue weighted by molar-refractivity contribution is 7.99. The van der Waals surface area contributed by atoms with Gasteiger partial charge in [0.15, 0.2) is 11.0 Å². The summed E-state index contributed by atoms with van der Waals surface area (Å²) in [5.74, 6) is 0.166. The number of thioether (sulfide) groups is 1. The molecule has 3 aromatic rings. The van der Waals surface area contributed by atoms with Crippen LogP contribution in [-0.2, 0) is 16.1 Å². The number of hydrogen-bond acceptors (Lipinski definition) is 8. The number of ether oxygens (including phenoxy) is 1. The standard InChI is InChI=1S/C19H21N5O3S2/c1-5-24-16(13-7-6-8-20-9-13)22-23-19(24)28-10-14(25)21-17-15(18(26)27-4)11(2)12(3)29-17/h6-9H,5,10H2,1-4H3,(H,21,25). The third-order valence-corrected chi connectivity index (χ3v) is 6.40. The summed E-state index contributed by atoms with van der Waals surface area (Å²) in [5, 5.41) is 12.4. The van der Waals surface area contributed by atoms with Crippen LogP contribution in [0.1, 0.15) is 27.7 Å². The monoisotopic (exact) mass is 431 g/mol. The van der Waals surface area contributed by atoms with Crippen LogP contribution in [-0.4, -0.2) is 44.5 Å². The SMILES string of the molecule is CCn1c(SCC(=O)Nc2sc(C)c(C)c2C(=O)OC)nnc1-c1cccnc1. The van der Waals surface area contributed by atoms with E-state index in [1.54, 1.807) is 12.4 Å². The summed E-state index contributed by atoms with van der Waals surface area (Å²) in [7, 11) is 1.33. The molecule has 3 rings (SSSR count). The van der Waals surface area contributed by atoms with E-state index in [9.17, 15) is 9.59 Å². The fourth-order valence-corrected chi connectivity index (χ4v) is 4.61. The third kappa shape index (κ3) is 4.48. The molecule has 0 saturated carbocycles. The second-order valence-electron chi connectivity index (χ2n) is 6.11. The largest absolute Gasteiger partial charge is 0.465 e. The second kappa shape index (κ2) is 9.19. The van der Waals surface area contributed by atoms with Gasteiger partial charge in [0, 0.05) is 29.4 Å². The minimum Gasteiger partial charge on any atom is -0.465 e. The van der Waals surface area contributed by atoms with Crippen molar-refractivity contribution in [1.29, 1.82) is 0 Å². The maximum Gasteiger partial charge on any atom is 0.341 e. The zero-order valence-electron chi connectivity index (χ0n) is 16.6. The highest BCUT2D eigenvalue weighted by Gasteiger charge is 2.22. The Hall–Kier alpha value is -2.72. The van der Waals surface area contributed by atoms with E-state index in [0.717, 1.165) is 16.0 Å². The van der Waals surface area contributed by atoms with Crippen molar-refractivity contribution in [3.8, 4) is 11.4 Å². The summed E-state index contributed by atoms with van der Waals surface area (Å²) in [6.45, 7) is 6.40. The van der Waals surface area contributed by atoms with Gasteiger partial charge in [-0.25, -0.2) is 4.79 Å². The summed E-state index contributed by atoms with van der Waals surface area (Å²) in [6.07, 6.45) is 3.43. The molecule has 0 radical (unpaired) electrons. The van der Waals surface area contributed by atoms with Crippen LogP contribution in [0.5, 0.6) is 0 Å². The molecule has 0 bridgehead atoms. The van der Waals surface area contributed by atoms with Gasteiger partial charge >= 0.3 is 5.97 Å². The van der Waals surface area contributed by atoms with Gasteiger partial charge in [0.1, 0.15) is 5.00 Å². The van der Waals surface area contributed by atoms with Crippen LogP contribution < -0.4 is 5.32 Å². The number of pyridine rings is 1. The minimum absolute atomic E-state index is 0.141. The van der Waals surface area contributed by atoms with E-state index in [1.165, 1.54) is 30.2 Å². The highest BCUT2D eigenvalue weighted by atomic mass is 32.2. The van der Waals surface area contributed by atoms with Crippen LogP contribution in [0, 0.1) is 13.8 Å². The number of carbonyl (C=O) groups excluding carboxylic acids is 2. The third-order valence-electron chi connectivity index (χ3n) is 4.31. The quantitative estimate of drug-likeness (QED) is 0.451. The normalized spacial score (nSPS) is 10.8. The Balaban J connectivity index is 1.72. The van der Waals surface area contributed by atoms with E-state index in [0.29, 0.717) is 28.1 Å². The van der Waals surface area contributed by atoms with Crippen molar-refractivity contribution in [2.75, 3.05) is 18.2 Å². The Morgan fingerprint density at radius 2 is 2.10 bits per heavy atom. The molecular weight excluding hydrogens is 410 g/mol. The lowest BCUT2D eigenvalue weighted by atomic mass is 10.1. The lowest BCUT2D eigenvalue weighted by molar-refractivity contribution is -0.113. The van der Waals surface area contributed by atoms with Crippen LogP contribution in [0.2, 0.25) is 0 Å². The Labute approximate surface area is 176 Å². The number of esters is 1. The van der Waals surface area contributed by atoms with Crippen molar-refractivity contribution in [3.63, 3.8) is 0 Å². The molecule has 1 N–H and O–H groups in total. The summed E-state index contributed by atoms with van der Waals surface area (Å²) in [6, 6.07) is 3.76. The van der Waals surface area contributed by atoms with Crippen molar-refractivity contribution in [3.05, 3.63) is 40.5 Å². The summed E-state index contributed by atoms with van der Waals surface area (Å²) >= 11 is 2.65. The van der Waals surface area contributed by atoms with Gasteiger partial charge in [-0.3, -0.25) is 9.78 Å². The molecule has 0 aliphatic rings. The molecule has 3 heterocycles. The van der Waals surface area contributed by atoms with Crippen LogP contribution in [0.15, 0.2) is 29.7 Å². The molecule has 0 fully saturated rings. The first-order valence-electron chi connectivity index (χ1n) is 8.90. The zero-order chi connectivity index (χ0) is 21.0. The van der Waals surface area contributed by atoms with Crippen LogP contribution in [0.4, 0.5) is 5.00 Å². The Kier molecular flexibility index (Phi) is 6.65. The van der Waals surface area contributed by atoms with E-state index >= 15 is 0 Å².